The second kappa shape index (κ2) is 9.16. The van der Waals surface area contributed by atoms with Crippen LogP contribution >= 0.6 is 0 Å². The lowest BCUT2D eigenvalue weighted by atomic mass is 10.1. The van der Waals surface area contributed by atoms with Gasteiger partial charge in [0.1, 0.15) is 11.6 Å². The summed E-state index contributed by atoms with van der Waals surface area (Å²) >= 11 is 0. The van der Waals surface area contributed by atoms with E-state index in [-0.39, 0.29) is 5.56 Å². The van der Waals surface area contributed by atoms with Gasteiger partial charge >= 0.3 is 0 Å². The number of aryl methyl sites for hydroxylation is 1. The van der Waals surface area contributed by atoms with Crippen molar-refractivity contribution in [3.63, 3.8) is 0 Å². The molecule has 0 aliphatic rings. The Bertz CT molecular complexity index is 952. The van der Waals surface area contributed by atoms with E-state index in [9.17, 15) is 4.79 Å². The number of H-pyrrole nitrogens is 1. The Hall–Kier alpha value is -2.89. The van der Waals surface area contributed by atoms with Gasteiger partial charge in [-0.05, 0) is 37.1 Å². The lowest BCUT2D eigenvalue weighted by Crippen LogP contribution is -2.09. The molecule has 0 bridgehead atoms. The van der Waals surface area contributed by atoms with Crippen LogP contribution in [0.15, 0.2) is 41.5 Å². The Morgan fingerprint density at radius 3 is 2.89 bits per heavy atom. The first kappa shape index (κ1) is 18.9. The van der Waals surface area contributed by atoms with Crippen molar-refractivity contribution in [3.8, 4) is 5.75 Å². The minimum Gasteiger partial charge on any atom is -0.493 e. The fraction of sp³-hybridized carbons (Fsp3) is 0.381. The van der Waals surface area contributed by atoms with Crippen molar-refractivity contribution in [3.05, 3.63) is 58.1 Å². The van der Waals surface area contributed by atoms with Crippen molar-refractivity contribution >= 4 is 16.9 Å². The van der Waals surface area contributed by atoms with E-state index < -0.39 is 0 Å². The zero-order chi connectivity index (χ0) is 19.1. The van der Waals surface area contributed by atoms with Crippen LogP contribution in [0, 0.1) is 6.92 Å². The smallest absolute Gasteiger partial charge is 0.260 e. The average Bonchev–Trinajstić information content (AvgIpc) is 2.67. The molecule has 0 unspecified atom stereocenters. The molecular formula is C21H26N4O2. The topological polar surface area (TPSA) is 79.9 Å². The summed E-state index contributed by atoms with van der Waals surface area (Å²) in [6, 6.07) is 9.75. The average molecular weight is 366 g/mol. The van der Waals surface area contributed by atoms with E-state index in [1.54, 1.807) is 12.1 Å². The highest BCUT2D eigenvalue weighted by atomic mass is 16.5. The number of hydrogen-bond acceptors (Lipinski definition) is 5. The Morgan fingerprint density at radius 2 is 2.04 bits per heavy atom. The molecule has 6 nitrogen and oxygen atoms in total. The minimum absolute atomic E-state index is 0.184. The molecule has 6 heteroatoms. The van der Waals surface area contributed by atoms with Crippen LogP contribution in [0.1, 0.15) is 43.7 Å². The van der Waals surface area contributed by atoms with Crippen molar-refractivity contribution in [1.82, 2.24) is 15.0 Å². The van der Waals surface area contributed by atoms with Crippen LogP contribution in [0.3, 0.4) is 0 Å². The fourth-order valence-electron chi connectivity index (χ4n) is 2.89. The van der Waals surface area contributed by atoms with Crippen LogP contribution in [0.5, 0.6) is 5.75 Å². The Morgan fingerprint density at radius 1 is 1.15 bits per heavy atom. The van der Waals surface area contributed by atoms with Crippen molar-refractivity contribution in [2.45, 2.75) is 46.1 Å². The zero-order valence-corrected chi connectivity index (χ0v) is 15.9. The number of pyridine rings is 1. The van der Waals surface area contributed by atoms with Gasteiger partial charge in [-0.3, -0.25) is 4.79 Å². The number of unbranched alkanes of at least 4 members (excludes halogenated alkanes) is 3. The van der Waals surface area contributed by atoms with Gasteiger partial charge < -0.3 is 15.0 Å². The van der Waals surface area contributed by atoms with E-state index in [0.717, 1.165) is 24.3 Å². The molecule has 0 amide bonds. The van der Waals surface area contributed by atoms with Crippen LogP contribution in [0.25, 0.3) is 11.0 Å². The van der Waals surface area contributed by atoms with Crippen LogP contribution in [0.2, 0.25) is 0 Å². The van der Waals surface area contributed by atoms with E-state index in [2.05, 4.69) is 52.3 Å². The summed E-state index contributed by atoms with van der Waals surface area (Å²) in [5, 5.41) is 3.78. The molecule has 0 radical (unpaired) electrons. The van der Waals surface area contributed by atoms with Gasteiger partial charge in [0, 0.05) is 12.1 Å². The van der Waals surface area contributed by atoms with Crippen molar-refractivity contribution < 1.29 is 4.74 Å². The van der Waals surface area contributed by atoms with Crippen LogP contribution in [0.4, 0.5) is 5.82 Å². The first-order chi connectivity index (χ1) is 13.2. The van der Waals surface area contributed by atoms with E-state index in [0.29, 0.717) is 23.4 Å². The Kier molecular flexibility index (Phi) is 6.41. The summed E-state index contributed by atoms with van der Waals surface area (Å²) in [6.07, 6.45) is 6.10. The lowest BCUT2D eigenvalue weighted by molar-refractivity contribution is 0.302. The van der Waals surface area contributed by atoms with Gasteiger partial charge in [0.15, 0.2) is 5.65 Å². The quantitative estimate of drug-likeness (QED) is 0.555. The number of rotatable bonds is 9. The van der Waals surface area contributed by atoms with Gasteiger partial charge in [0.05, 0.1) is 18.3 Å². The molecule has 0 aliphatic heterocycles. The largest absolute Gasteiger partial charge is 0.493 e. The second-order valence-corrected chi connectivity index (χ2v) is 6.67. The summed E-state index contributed by atoms with van der Waals surface area (Å²) in [7, 11) is 0. The first-order valence-corrected chi connectivity index (χ1v) is 9.48. The monoisotopic (exact) mass is 366 g/mol. The highest BCUT2D eigenvalue weighted by Gasteiger charge is 2.07. The number of fused-ring (bicyclic) bond motifs is 1. The fourth-order valence-corrected chi connectivity index (χ4v) is 2.89. The number of anilines is 1. The molecular weight excluding hydrogens is 340 g/mol. The molecule has 2 aromatic heterocycles. The predicted octanol–water partition coefficient (Wildman–Crippen LogP) is 4.20. The minimum atomic E-state index is -0.184. The maximum Gasteiger partial charge on any atom is 0.260 e. The molecule has 0 saturated heterocycles. The Balaban J connectivity index is 1.67. The molecule has 0 atom stereocenters. The van der Waals surface area contributed by atoms with Crippen LogP contribution in [-0.4, -0.2) is 21.6 Å². The van der Waals surface area contributed by atoms with Crippen molar-refractivity contribution in [2.24, 2.45) is 0 Å². The summed E-state index contributed by atoms with van der Waals surface area (Å²) < 4.78 is 6.02. The molecule has 3 aromatic rings. The van der Waals surface area contributed by atoms with Gasteiger partial charge in [-0.2, -0.15) is 0 Å². The summed E-state index contributed by atoms with van der Waals surface area (Å²) in [5.74, 6) is 1.59. The second-order valence-electron chi connectivity index (χ2n) is 6.67. The van der Waals surface area contributed by atoms with Crippen molar-refractivity contribution in [1.29, 1.82) is 0 Å². The predicted molar refractivity (Wildman–Crippen MR) is 108 cm³/mol. The zero-order valence-electron chi connectivity index (χ0n) is 15.9. The van der Waals surface area contributed by atoms with E-state index in [1.807, 2.05) is 0 Å². The van der Waals surface area contributed by atoms with Crippen LogP contribution in [-0.2, 0) is 6.54 Å². The summed E-state index contributed by atoms with van der Waals surface area (Å²) in [4.78, 5) is 22.8. The normalized spacial score (nSPS) is 10.9. The number of benzene rings is 1. The van der Waals surface area contributed by atoms with Gasteiger partial charge in [0.25, 0.3) is 5.56 Å². The molecule has 2 N–H and O–H groups in total. The summed E-state index contributed by atoms with van der Waals surface area (Å²) in [6.45, 7) is 5.59. The van der Waals surface area contributed by atoms with Gasteiger partial charge in [-0.15, -0.1) is 0 Å². The number of ether oxygens (including phenoxy) is 1. The molecule has 0 fully saturated rings. The molecule has 1 aromatic carbocycles. The SMILES string of the molecule is CCCCCCOc1cc(C)ccc1CNc1ccc2c(=O)[nH]cnc2n1. The number of nitrogens with zero attached hydrogens (tertiary/aromatic N) is 2. The third-order valence-corrected chi connectivity index (χ3v) is 4.44. The number of hydrogen-bond donors (Lipinski definition) is 2. The molecule has 0 spiro atoms. The third kappa shape index (κ3) is 5.06. The molecule has 142 valence electrons. The van der Waals surface area contributed by atoms with Gasteiger partial charge in [0.2, 0.25) is 0 Å². The molecule has 2 heterocycles. The maximum atomic E-state index is 11.7. The van der Waals surface area contributed by atoms with Crippen molar-refractivity contribution in [2.75, 3.05) is 11.9 Å². The molecule has 0 saturated carbocycles. The van der Waals surface area contributed by atoms with E-state index in [1.165, 1.54) is 31.2 Å². The number of aromatic amines is 1. The van der Waals surface area contributed by atoms with Crippen LogP contribution < -0.4 is 15.6 Å². The highest BCUT2D eigenvalue weighted by molar-refractivity contribution is 5.75. The molecule has 3 rings (SSSR count). The third-order valence-electron chi connectivity index (χ3n) is 4.44. The van der Waals surface area contributed by atoms with Gasteiger partial charge in [-0.1, -0.05) is 38.3 Å². The standard InChI is InChI=1S/C21H26N4O2/c1-3-4-5-6-11-27-18-12-15(2)7-8-16(18)13-22-19-10-9-17-20(25-19)23-14-24-21(17)26/h7-10,12,14H,3-6,11,13H2,1-2H3,(H2,22,23,24,25,26). The van der Waals surface area contributed by atoms with E-state index in [4.69, 9.17) is 4.74 Å². The molecule has 27 heavy (non-hydrogen) atoms. The van der Waals surface area contributed by atoms with Gasteiger partial charge in [-0.25, -0.2) is 9.97 Å². The maximum absolute atomic E-state index is 11.7. The Labute approximate surface area is 159 Å². The van der Waals surface area contributed by atoms with E-state index >= 15 is 0 Å². The highest BCUT2D eigenvalue weighted by Crippen LogP contribution is 2.22. The number of aromatic nitrogens is 3. The summed E-state index contributed by atoms with van der Waals surface area (Å²) in [5.41, 5.74) is 2.50. The first-order valence-electron chi connectivity index (χ1n) is 9.48. The lowest BCUT2D eigenvalue weighted by Gasteiger charge is -2.13. The number of nitrogens with one attached hydrogen (secondary N) is 2. The molecule has 0 aliphatic carbocycles.